The van der Waals surface area contributed by atoms with Crippen LogP contribution in [0.5, 0.6) is 0 Å². The molecule has 1 aliphatic rings. The molecule has 1 aromatic heterocycles. The van der Waals surface area contributed by atoms with Gasteiger partial charge >= 0.3 is 0 Å². The molecule has 0 aliphatic carbocycles. The zero-order valence-electron chi connectivity index (χ0n) is 18.0. The van der Waals surface area contributed by atoms with Crippen molar-refractivity contribution in [1.29, 1.82) is 0 Å². The zero-order valence-corrected chi connectivity index (χ0v) is 19.6. The van der Waals surface area contributed by atoms with E-state index in [4.69, 9.17) is 11.6 Å². The van der Waals surface area contributed by atoms with Crippen LogP contribution in [0.2, 0.25) is 5.02 Å². The average molecular weight is 473 g/mol. The summed E-state index contributed by atoms with van der Waals surface area (Å²) in [6.07, 6.45) is 1.56. The van der Waals surface area contributed by atoms with Crippen LogP contribution in [0.3, 0.4) is 0 Å². The van der Waals surface area contributed by atoms with Gasteiger partial charge in [0.2, 0.25) is 10.0 Å². The van der Waals surface area contributed by atoms with Gasteiger partial charge in [-0.25, -0.2) is 8.42 Å². The first-order chi connectivity index (χ1) is 15.3. The summed E-state index contributed by atoms with van der Waals surface area (Å²) in [6.45, 7) is 5.57. The molecule has 0 spiro atoms. The summed E-state index contributed by atoms with van der Waals surface area (Å²) in [6, 6.07) is 16.1. The number of para-hydroxylation sites is 1. The Morgan fingerprint density at radius 2 is 1.56 bits per heavy atom. The third-order valence-corrected chi connectivity index (χ3v) is 7.93. The molecule has 2 aromatic carbocycles. The Balaban J connectivity index is 1.50. The monoisotopic (exact) mass is 472 g/mol. The fraction of sp³-hybridized carbons (Fsp3) is 0.304. The second-order valence-electron chi connectivity index (χ2n) is 8.01. The fourth-order valence-corrected chi connectivity index (χ4v) is 5.41. The first kappa shape index (κ1) is 22.5. The third kappa shape index (κ3) is 4.30. The molecule has 0 saturated carbocycles. The topological polar surface area (TPSA) is 75.5 Å². The van der Waals surface area contributed by atoms with Crippen LogP contribution < -0.4 is 10.5 Å². The van der Waals surface area contributed by atoms with Crippen molar-refractivity contribution in [3.8, 4) is 5.69 Å². The van der Waals surface area contributed by atoms with E-state index in [1.165, 1.54) is 8.99 Å². The Hall–Kier alpha value is -2.68. The minimum atomic E-state index is -3.58. The molecule has 7 nitrogen and oxygen atoms in total. The van der Waals surface area contributed by atoms with Crippen LogP contribution in [0.4, 0.5) is 5.69 Å². The van der Waals surface area contributed by atoms with Crippen LogP contribution in [0.1, 0.15) is 25.3 Å². The van der Waals surface area contributed by atoms with Crippen molar-refractivity contribution in [1.82, 2.24) is 14.1 Å². The minimum Gasteiger partial charge on any atom is -0.366 e. The molecule has 1 saturated heterocycles. The summed E-state index contributed by atoms with van der Waals surface area (Å²) < 4.78 is 28.8. The maximum Gasteiger partial charge on any atom is 0.292 e. The zero-order chi connectivity index (χ0) is 22.9. The summed E-state index contributed by atoms with van der Waals surface area (Å²) >= 11 is 6.40. The molecular weight excluding hydrogens is 448 g/mol. The van der Waals surface area contributed by atoms with Gasteiger partial charge in [-0.1, -0.05) is 55.8 Å². The van der Waals surface area contributed by atoms with Crippen molar-refractivity contribution in [2.75, 3.05) is 31.1 Å². The van der Waals surface area contributed by atoms with E-state index >= 15 is 0 Å². The molecule has 4 rings (SSSR count). The van der Waals surface area contributed by atoms with Gasteiger partial charge in [0, 0.05) is 26.2 Å². The van der Waals surface area contributed by atoms with Crippen molar-refractivity contribution in [3.63, 3.8) is 0 Å². The highest BCUT2D eigenvalue weighted by Gasteiger charge is 2.30. The van der Waals surface area contributed by atoms with E-state index in [0.29, 0.717) is 48.4 Å². The van der Waals surface area contributed by atoms with E-state index in [2.05, 4.69) is 18.9 Å². The normalized spacial score (nSPS) is 15.3. The highest BCUT2D eigenvalue weighted by atomic mass is 35.5. The number of sulfonamides is 1. The van der Waals surface area contributed by atoms with Crippen LogP contribution in [0.25, 0.3) is 5.69 Å². The van der Waals surface area contributed by atoms with Crippen molar-refractivity contribution in [2.45, 2.75) is 24.7 Å². The van der Waals surface area contributed by atoms with Crippen LogP contribution in [-0.4, -0.2) is 48.7 Å². The molecule has 1 aliphatic heterocycles. The Labute approximate surface area is 192 Å². The quantitative estimate of drug-likeness (QED) is 0.568. The predicted molar refractivity (Wildman–Crippen MR) is 126 cm³/mol. The smallest absolute Gasteiger partial charge is 0.292 e. The Morgan fingerprint density at radius 1 is 0.938 bits per heavy atom. The molecule has 0 atom stereocenters. The van der Waals surface area contributed by atoms with E-state index < -0.39 is 15.6 Å². The molecule has 32 heavy (non-hydrogen) atoms. The van der Waals surface area contributed by atoms with Gasteiger partial charge in [-0.05, 0) is 35.7 Å². The summed E-state index contributed by atoms with van der Waals surface area (Å²) in [5.74, 6) is 0.339. The molecule has 0 amide bonds. The van der Waals surface area contributed by atoms with Gasteiger partial charge in [-0.2, -0.15) is 14.1 Å². The van der Waals surface area contributed by atoms with Gasteiger partial charge in [0.25, 0.3) is 5.56 Å². The highest BCUT2D eigenvalue weighted by Crippen LogP contribution is 2.26. The van der Waals surface area contributed by atoms with E-state index in [1.807, 2.05) is 35.2 Å². The highest BCUT2D eigenvalue weighted by molar-refractivity contribution is 7.89. The van der Waals surface area contributed by atoms with Crippen LogP contribution in [0.15, 0.2) is 70.5 Å². The first-order valence-corrected chi connectivity index (χ1v) is 12.3. The van der Waals surface area contributed by atoms with E-state index in [1.54, 1.807) is 30.5 Å². The lowest BCUT2D eigenvalue weighted by molar-refractivity contribution is 0.384. The lowest BCUT2D eigenvalue weighted by atomic mass is 10.0. The summed E-state index contributed by atoms with van der Waals surface area (Å²) in [5, 5.41) is 4.34. The second kappa shape index (κ2) is 9.05. The van der Waals surface area contributed by atoms with Crippen LogP contribution in [-0.2, 0) is 10.0 Å². The van der Waals surface area contributed by atoms with Crippen molar-refractivity contribution >= 4 is 27.3 Å². The number of benzene rings is 2. The lowest BCUT2D eigenvalue weighted by Gasteiger charge is -2.35. The number of anilines is 1. The number of halogens is 1. The van der Waals surface area contributed by atoms with Crippen molar-refractivity contribution < 1.29 is 8.42 Å². The van der Waals surface area contributed by atoms with Gasteiger partial charge in [0.15, 0.2) is 0 Å². The summed E-state index contributed by atoms with van der Waals surface area (Å²) in [5.41, 5.74) is 1.84. The number of hydrogen-bond acceptors (Lipinski definition) is 5. The lowest BCUT2D eigenvalue weighted by Crippen LogP contribution is -2.49. The number of piperazine rings is 1. The molecule has 0 unspecified atom stereocenters. The standard InChI is InChI=1S/C23H25ClN4O3S/c1-17(2)18-8-10-20(11-9-18)32(30,31)27-14-12-26(13-15-27)21-16-25-28(23(29)22(21)24)19-6-4-3-5-7-19/h3-11,16-17H,12-15H2,1-2H3. The van der Waals surface area contributed by atoms with Gasteiger partial charge in [-0.3, -0.25) is 4.79 Å². The van der Waals surface area contributed by atoms with Gasteiger partial charge in [0.1, 0.15) is 5.02 Å². The van der Waals surface area contributed by atoms with Crippen molar-refractivity contribution in [2.24, 2.45) is 0 Å². The van der Waals surface area contributed by atoms with Crippen LogP contribution in [0, 0.1) is 0 Å². The van der Waals surface area contributed by atoms with Crippen LogP contribution >= 0.6 is 11.6 Å². The molecule has 9 heteroatoms. The van der Waals surface area contributed by atoms with Gasteiger partial charge in [-0.15, -0.1) is 0 Å². The number of rotatable bonds is 5. The molecule has 3 aromatic rings. The fourth-order valence-electron chi connectivity index (χ4n) is 3.74. The Morgan fingerprint density at radius 3 is 2.16 bits per heavy atom. The second-order valence-corrected chi connectivity index (χ2v) is 10.3. The van der Waals surface area contributed by atoms with E-state index in [0.717, 1.165) is 5.56 Å². The number of nitrogens with zero attached hydrogens (tertiary/aromatic N) is 4. The molecule has 2 heterocycles. The minimum absolute atomic E-state index is 0.0736. The molecule has 1 fully saturated rings. The van der Waals surface area contributed by atoms with E-state index in [9.17, 15) is 13.2 Å². The average Bonchev–Trinajstić information content (AvgIpc) is 2.81. The molecule has 168 valence electrons. The SMILES string of the molecule is CC(C)c1ccc(S(=O)(=O)N2CCN(c3cnn(-c4ccccc4)c(=O)c3Cl)CC2)cc1. The molecular formula is C23H25ClN4O3S. The van der Waals surface area contributed by atoms with Crippen molar-refractivity contribution in [3.05, 3.63) is 81.7 Å². The number of hydrogen-bond donors (Lipinski definition) is 0. The molecule has 0 bridgehead atoms. The first-order valence-electron chi connectivity index (χ1n) is 10.5. The maximum absolute atomic E-state index is 13.0. The predicted octanol–water partition coefficient (Wildman–Crippen LogP) is 3.52. The van der Waals surface area contributed by atoms with Gasteiger partial charge in [0.05, 0.1) is 22.5 Å². The summed E-state index contributed by atoms with van der Waals surface area (Å²) in [7, 11) is -3.58. The van der Waals surface area contributed by atoms with E-state index in [-0.39, 0.29) is 5.02 Å². The van der Waals surface area contributed by atoms with Gasteiger partial charge < -0.3 is 4.90 Å². The number of aromatic nitrogens is 2. The largest absolute Gasteiger partial charge is 0.366 e. The third-order valence-electron chi connectivity index (χ3n) is 5.67. The Bertz CT molecular complexity index is 1250. The summed E-state index contributed by atoms with van der Waals surface area (Å²) in [4.78, 5) is 14.9. The Kier molecular flexibility index (Phi) is 6.37. The molecule has 0 radical (unpaired) electrons. The maximum atomic E-state index is 13.0. The molecule has 0 N–H and O–H groups in total.